The summed E-state index contributed by atoms with van der Waals surface area (Å²) in [5.41, 5.74) is 0. The van der Waals surface area contributed by atoms with Crippen LogP contribution in [0.25, 0.3) is 0 Å². The van der Waals surface area contributed by atoms with E-state index in [9.17, 15) is 14.4 Å². The molecule has 462 valence electrons. The van der Waals surface area contributed by atoms with Gasteiger partial charge in [0.1, 0.15) is 13.2 Å². The minimum absolute atomic E-state index is 0.0655. The molecule has 0 aliphatic carbocycles. The van der Waals surface area contributed by atoms with Gasteiger partial charge in [-0.05, 0) is 44.9 Å². The van der Waals surface area contributed by atoms with E-state index in [0.29, 0.717) is 19.3 Å². The Morgan fingerprint density at radius 1 is 0.244 bits per heavy atom. The van der Waals surface area contributed by atoms with E-state index in [-0.39, 0.29) is 31.1 Å². The smallest absolute Gasteiger partial charge is 0.306 e. The van der Waals surface area contributed by atoms with Crippen molar-refractivity contribution >= 4 is 17.9 Å². The van der Waals surface area contributed by atoms with Gasteiger partial charge in [-0.2, -0.15) is 0 Å². The molecule has 0 rings (SSSR count). The SMILES string of the molecule is CCCCCCCCC/C=C\CCCCCCCC(=O)OCC(COC(=O)CCCCCCCCCCCCCCCCCCCCCCCC)OC(=O)CCCCCCCCCCCCCCCCCCCCCCCC. The number of esters is 3. The number of ether oxygens (including phenoxy) is 3. The molecule has 0 fully saturated rings. The van der Waals surface area contributed by atoms with Crippen LogP contribution in [0.3, 0.4) is 0 Å². The van der Waals surface area contributed by atoms with Crippen LogP contribution in [0.2, 0.25) is 0 Å². The molecule has 0 bridgehead atoms. The highest BCUT2D eigenvalue weighted by molar-refractivity contribution is 5.71. The molecule has 0 aromatic heterocycles. The van der Waals surface area contributed by atoms with E-state index in [0.717, 1.165) is 64.2 Å². The third kappa shape index (κ3) is 65.0. The molecule has 0 spiro atoms. The molecular formula is C72H138O6. The van der Waals surface area contributed by atoms with E-state index in [1.54, 1.807) is 0 Å². The van der Waals surface area contributed by atoms with Crippen molar-refractivity contribution in [3.8, 4) is 0 Å². The average Bonchev–Trinajstić information content (AvgIpc) is 3.44. The van der Waals surface area contributed by atoms with Crippen molar-refractivity contribution in [3.05, 3.63) is 12.2 Å². The number of allylic oxidation sites excluding steroid dienone is 2. The van der Waals surface area contributed by atoms with Crippen LogP contribution >= 0.6 is 0 Å². The Kier molecular flexibility index (Phi) is 66.0. The standard InChI is InChI=1S/C72H138O6/c1-4-7-10-13-16-19-22-25-28-31-33-35-37-39-41-44-47-50-53-56-59-62-65-71(74)77-68-69(67-76-70(73)64-61-58-55-52-49-46-43-30-27-24-21-18-15-12-9-6-3)78-72(75)66-63-60-57-54-51-48-45-42-40-38-36-34-32-29-26-23-20-17-14-11-8-5-2/h30,43,69H,4-29,31-42,44-68H2,1-3H3/b43-30-. The number of hydrogen-bond acceptors (Lipinski definition) is 6. The van der Waals surface area contributed by atoms with Crippen molar-refractivity contribution in [2.24, 2.45) is 0 Å². The second kappa shape index (κ2) is 67.7. The monoisotopic (exact) mass is 1100 g/mol. The van der Waals surface area contributed by atoms with Crippen LogP contribution in [-0.2, 0) is 28.6 Å². The molecule has 0 N–H and O–H groups in total. The molecule has 1 unspecified atom stereocenters. The Morgan fingerprint density at radius 3 is 0.641 bits per heavy atom. The van der Waals surface area contributed by atoms with Gasteiger partial charge in [-0.1, -0.05) is 360 Å². The first-order valence-electron chi connectivity index (χ1n) is 35.7. The van der Waals surface area contributed by atoms with Crippen molar-refractivity contribution in [2.45, 2.75) is 419 Å². The van der Waals surface area contributed by atoms with Gasteiger partial charge < -0.3 is 14.2 Å². The fourth-order valence-corrected chi connectivity index (χ4v) is 11.2. The lowest BCUT2D eigenvalue weighted by molar-refractivity contribution is -0.167. The highest BCUT2D eigenvalue weighted by atomic mass is 16.6. The van der Waals surface area contributed by atoms with Crippen LogP contribution in [0.4, 0.5) is 0 Å². The van der Waals surface area contributed by atoms with Crippen molar-refractivity contribution < 1.29 is 28.6 Å². The average molecular weight is 1100 g/mol. The van der Waals surface area contributed by atoms with E-state index in [4.69, 9.17) is 14.2 Å². The van der Waals surface area contributed by atoms with Crippen LogP contribution in [0.15, 0.2) is 12.2 Å². The molecule has 0 aromatic rings. The van der Waals surface area contributed by atoms with Gasteiger partial charge in [0, 0.05) is 19.3 Å². The number of carbonyl (C=O) groups is 3. The predicted octanol–water partition coefficient (Wildman–Crippen LogP) is 24.4. The summed E-state index contributed by atoms with van der Waals surface area (Å²) in [6.07, 6.45) is 81.0. The number of carbonyl (C=O) groups excluding carboxylic acids is 3. The minimum atomic E-state index is -0.770. The molecule has 0 heterocycles. The van der Waals surface area contributed by atoms with Gasteiger partial charge in [-0.25, -0.2) is 0 Å². The number of rotatable bonds is 67. The molecule has 0 aliphatic heterocycles. The summed E-state index contributed by atoms with van der Waals surface area (Å²) < 4.78 is 17.0. The first kappa shape index (κ1) is 76.1. The molecule has 0 radical (unpaired) electrons. The van der Waals surface area contributed by atoms with Gasteiger partial charge in [-0.15, -0.1) is 0 Å². The van der Waals surface area contributed by atoms with Crippen LogP contribution in [0.1, 0.15) is 412 Å². The Morgan fingerprint density at radius 2 is 0.423 bits per heavy atom. The zero-order valence-corrected chi connectivity index (χ0v) is 53.2. The first-order valence-corrected chi connectivity index (χ1v) is 35.7. The summed E-state index contributed by atoms with van der Waals surface area (Å²) in [6.45, 7) is 6.73. The Labute approximate surface area is 488 Å². The van der Waals surface area contributed by atoms with E-state index >= 15 is 0 Å². The summed E-state index contributed by atoms with van der Waals surface area (Å²) in [5.74, 6) is -0.837. The topological polar surface area (TPSA) is 78.9 Å². The molecule has 78 heavy (non-hydrogen) atoms. The lowest BCUT2D eigenvalue weighted by Crippen LogP contribution is -2.30. The van der Waals surface area contributed by atoms with Crippen LogP contribution in [-0.4, -0.2) is 37.2 Å². The van der Waals surface area contributed by atoms with Crippen molar-refractivity contribution in [1.29, 1.82) is 0 Å². The molecule has 6 nitrogen and oxygen atoms in total. The molecule has 0 aromatic carbocycles. The van der Waals surface area contributed by atoms with Gasteiger partial charge in [0.15, 0.2) is 6.10 Å². The zero-order valence-electron chi connectivity index (χ0n) is 53.2. The largest absolute Gasteiger partial charge is 0.462 e. The summed E-state index contributed by atoms with van der Waals surface area (Å²) in [4.78, 5) is 38.5. The molecule has 1 atom stereocenters. The fraction of sp³-hybridized carbons (Fsp3) is 0.931. The number of unbranched alkanes of at least 4 members (excludes halogenated alkanes) is 54. The van der Waals surface area contributed by atoms with Crippen molar-refractivity contribution in [2.75, 3.05) is 13.2 Å². The maximum absolute atomic E-state index is 13.0. The molecule has 6 heteroatoms. The highest BCUT2D eigenvalue weighted by Crippen LogP contribution is 2.19. The van der Waals surface area contributed by atoms with Crippen LogP contribution < -0.4 is 0 Å². The van der Waals surface area contributed by atoms with Gasteiger partial charge in [-0.3, -0.25) is 14.4 Å². The second-order valence-electron chi connectivity index (χ2n) is 24.5. The van der Waals surface area contributed by atoms with Gasteiger partial charge >= 0.3 is 17.9 Å². The van der Waals surface area contributed by atoms with Gasteiger partial charge in [0.2, 0.25) is 0 Å². The normalized spacial score (nSPS) is 12.0. The third-order valence-corrected chi connectivity index (χ3v) is 16.5. The van der Waals surface area contributed by atoms with Crippen molar-refractivity contribution in [3.63, 3.8) is 0 Å². The summed E-state index contributed by atoms with van der Waals surface area (Å²) in [5, 5.41) is 0. The second-order valence-corrected chi connectivity index (χ2v) is 24.5. The molecular weight excluding hydrogens is 961 g/mol. The lowest BCUT2D eigenvalue weighted by atomic mass is 10.0. The minimum Gasteiger partial charge on any atom is -0.462 e. The van der Waals surface area contributed by atoms with E-state index in [1.165, 1.54) is 308 Å². The quantitative estimate of drug-likeness (QED) is 0.0261. The fourth-order valence-electron chi connectivity index (χ4n) is 11.2. The highest BCUT2D eigenvalue weighted by Gasteiger charge is 2.19. The Hall–Kier alpha value is -1.85. The molecule has 0 saturated carbocycles. The van der Waals surface area contributed by atoms with Gasteiger partial charge in [0.05, 0.1) is 0 Å². The third-order valence-electron chi connectivity index (χ3n) is 16.5. The Bertz CT molecular complexity index is 1210. The van der Waals surface area contributed by atoms with Crippen LogP contribution in [0, 0.1) is 0 Å². The summed E-state index contributed by atoms with van der Waals surface area (Å²) in [7, 11) is 0. The zero-order chi connectivity index (χ0) is 56.4. The maximum atomic E-state index is 13.0. The number of hydrogen-bond donors (Lipinski definition) is 0. The summed E-state index contributed by atoms with van der Waals surface area (Å²) in [6, 6.07) is 0. The van der Waals surface area contributed by atoms with Crippen molar-refractivity contribution in [1.82, 2.24) is 0 Å². The maximum Gasteiger partial charge on any atom is 0.306 e. The molecule has 0 saturated heterocycles. The lowest BCUT2D eigenvalue weighted by Gasteiger charge is -2.18. The molecule has 0 amide bonds. The van der Waals surface area contributed by atoms with E-state index in [1.807, 2.05) is 0 Å². The Balaban J connectivity index is 4.27. The molecule has 0 aliphatic rings. The van der Waals surface area contributed by atoms with E-state index in [2.05, 4.69) is 32.9 Å². The van der Waals surface area contributed by atoms with E-state index < -0.39 is 6.10 Å². The first-order chi connectivity index (χ1) is 38.5. The predicted molar refractivity (Wildman–Crippen MR) is 340 cm³/mol. The van der Waals surface area contributed by atoms with Crippen LogP contribution in [0.5, 0.6) is 0 Å². The van der Waals surface area contributed by atoms with Gasteiger partial charge in [0.25, 0.3) is 0 Å². The summed E-state index contributed by atoms with van der Waals surface area (Å²) >= 11 is 0.